The molecule has 112 valence electrons. The van der Waals surface area contributed by atoms with Crippen molar-refractivity contribution in [1.29, 1.82) is 0 Å². The first-order valence-corrected chi connectivity index (χ1v) is 8.10. The van der Waals surface area contributed by atoms with Crippen molar-refractivity contribution in [2.75, 3.05) is 13.6 Å². The molecule has 3 unspecified atom stereocenters. The van der Waals surface area contributed by atoms with Crippen LogP contribution in [0.15, 0.2) is 18.2 Å². The van der Waals surface area contributed by atoms with E-state index in [0.29, 0.717) is 16.9 Å². The Labute approximate surface area is 126 Å². The number of rotatable bonds is 5. The second-order valence-electron chi connectivity index (χ2n) is 6.11. The van der Waals surface area contributed by atoms with Gasteiger partial charge in [-0.2, -0.15) is 0 Å². The first-order valence-electron chi connectivity index (χ1n) is 7.72. The van der Waals surface area contributed by atoms with Crippen LogP contribution in [-0.4, -0.2) is 13.6 Å². The van der Waals surface area contributed by atoms with E-state index in [1.807, 2.05) is 13.1 Å². The summed E-state index contributed by atoms with van der Waals surface area (Å²) in [7, 11) is 2.01. The number of hydrogen-bond acceptors (Lipinski definition) is 1. The minimum absolute atomic E-state index is 0.153. The van der Waals surface area contributed by atoms with E-state index in [0.717, 1.165) is 24.4 Å². The molecule has 1 aromatic carbocycles. The molecular weight excluding hydrogens is 273 g/mol. The van der Waals surface area contributed by atoms with Crippen molar-refractivity contribution in [1.82, 2.24) is 5.32 Å². The maximum Gasteiger partial charge on any atom is 0.127 e. The Balaban J connectivity index is 2.09. The van der Waals surface area contributed by atoms with E-state index in [-0.39, 0.29) is 5.82 Å². The number of hydrogen-bond donors (Lipinski definition) is 1. The maximum absolute atomic E-state index is 14.0. The zero-order valence-electron chi connectivity index (χ0n) is 12.5. The molecule has 1 saturated carbocycles. The van der Waals surface area contributed by atoms with Crippen LogP contribution in [0.25, 0.3) is 0 Å². The van der Waals surface area contributed by atoms with Gasteiger partial charge >= 0.3 is 0 Å². The molecule has 0 amide bonds. The highest BCUT2D eigenvalue weighted by molar-refractivity contribution is 6.30. The molecule has 1 aliphatic rings. The van der Waals surface area contributed by atoms with Gasteiger partial charge in [-0.3, -0.25) is 0 Å². The van der Waals surface area contributed by atoms with Gasteiger partial charge in [0.15, 0.2) is 0 Å². The lowest BCUT2D eigenvalue weighted by atomic mass is 9.71. The van der Waals surface area contributed by atoms with Gasteiger partial charge in [0.2, 0.25) is 0 Å². The van der Waals surface area contributed by atoms with Gasteiger partial charge in [0.25, 0.3) is 0 Å². The summed E-state index contributed by atoms with van der Waals surface area (Å²) in [4.78, 5) is 0. The Bertz CT molecular complexity index is 435. The topological polar surface area (TPSA) is 12.0 Å². The van der Waals surface area contributed by atoms with E-state index in [9.17, 15) is 4.39 Å². The molecule has 1 N–H and O–H groups in total. The third-order valence-electron chi connectivity index (χ3n) is 4.79. The van der Waals surface area contributed by atoms with Crippen LogP contribution >= 0.6 is 11.6 Å². The predicted octanol–water partition coefficient (Wildman–Crippen LogP) is 4.68. The van der Waals surface area contributed by atoms with Crippen molar-refractivity contribution in [3.05, 3.63) is 34.6 Å². The van der Waals surface area contributed by atoms with Crippen LogP contribution in [0, 0.1) is 23.6 Å². The molecule has 0 spiro atoms. The van der Waals surface area contributed by atoms with E-state index < -0.39 is 0 Å². The highest BCUT2D eigenvalue weighted by Crippen LogP contribution is 2.37. The smallest absolute Gasteiger partial charge is 0.127 e. The van der Waals surface area contributed by atoms with Gasteiger partial charge in [-0.25, -0.2) is 4.39 Å². The van der Waals surface area contributed by atoms with Crippen molar-refractivity contribution >= 4 is 11.6 Å². The molecule has 1 fully saturated rings. The molecule has 0 aromatic heterocycles. The number of halogens is 2. The van der Waals surface area contributed by atoms with Crippen LogP contribution in [0.3, 0.4) is 0 Å². The molecule has 3 heteroatoms. The first kappa shape index (κ1) is 15.8. The normalized spacial score (nSPS) is 26.7. The third-order valence-corrected chi connectivity index (χ3v) is 5.02. The zero-order valence-corrected chi connectivity index (χ0v) is 13.2. The third kappa shape index (κ3) is 3.95. The predicted molar refractivity (Wildman–Crippen MR) is 83.7 cm³/mol. The van der Waals surface area contributed by atoms with Gasteiger partial charge < -0.3 is 5.32 Å². The summed E-state index contributed by atoms with van der Waals surface area (Å²) in [6.45, 7) is 3.30. The second kappa shape index (κ2) is 7.42. The summed E-state index contributed by atoms with van der Waals surface area (Å²) in [6, 6.07) is 5.08. The molecule has 0 aliphatic heterocycles. The fourth-order valence-electron chi connectivity index (χ4n) is 3.55. The molecule has 1 nitrogen and oxygen atoms in total. The molecule has 0 saturated heterocycles. The highest BCUT2D eigenvalue weighted by atomic mass is 35.5. The van der Waals surface area contributed by atoms with E-state index in [1.54, 1.807) is 6.07 Å². The minimum Gasteiger partial charge on any atom is -0.319 e. The Morgan fingerprint density at radius 1 is 1.30 bits per heavy atom. The van der Waals surface area contributed by atoms with E-state index in [4.69, 9.17) is 11.6 Å². The van der Waals surface area contributed by atoms with E-state index in [1.165, 1.54) is 31.7 Å². The summed E-state index contributed by atoms with van der Waals surface area (Å²) in [5.74, 6) is 1.90. The van der Waals surface area contributed by atoms with Crippen LogP contribution in [0.5, 0.6) is 0 Å². The van der Waals surface area contributed by atoms with Crippen molar-refractivity contribution in [2.45, 2.75) is 39.0 Å². The lowest BCUT2D eigenvalue weighted by Crippen LogP contribution is -2.33. The Hall–Kier alpha value is -0.600. The molecule has 20 heavy (non-hydrogen) atoms. The fourth-order valence-corrected chi connectivity index (χ4v) is 3.70. The van der Waals surface area contributed by atoms with E-state index in [2.05, 4.69) is 12.2 Å². The zero-order chi connectivity index (χ0) is 14.5. The van der Waals surface area contributed by atoms with Gasteiger partial charge in [0, 0.05) is 5.02 Å². The molecule has 0 bridgehead atoms. The Morgan fingerprint density at radius 2 is 2.10 bits per heavy atom. The van der Waals surface area contributed by atoms with Crippen molar-refractivity contribution in [3.63, 3.8) is 0 Å². The molecule has 1 aliphatic carbocycles. The summed E-state index contributed by atoms with van der Waals surface area (Å²) in [5.41, 5.74) is 0.817. The molecule has 1 aromatic rings. The van der Waals surface area contributed by atoms with Gasteiger partial charge in [0.1, 0.15) is 5.82 Å². The molecule has 0 heterocycles. The van der Waals surface area contributed by atoms with Gasteiger partial charge in [-0.1, -0.05) is 37.4 Å². The molecule has 2 rings (SSSR count). The fraction of sp³-hybridized carbons (Fsp3) is 0.647. The average molecular weight is 298 g/mol. The minimum atomic E-state index is -0.153. The van der Waals surface area contributed by atoms with Crippen molar-refractivity contribution < 1.29 is 4.39 Å². The second-order valence-corrected chi connectivity index (χ2v) is 6.54. The van der Waals surface area contributed by atoms with Crippen LogP contribution in [0.1, 0.15) is 38.2 Å². The summed E-state index contributed by atoms with van der Waals surface area (Å²) < 4.78 is 14.0. The summed E-state index contributed by atoms with van der Waals surface area (Å²) in [5, 5.41) is 3.77. The molecule has 3 atom stereocenters. The van der Waals surface area contributed by atoms with Crippen molar-refractivity contribution in [2.24, 2.45) is 17.8 Å². The van der Waals surface area contributed by atoms with Gasteiger partial charge in [-0.15, -0.1) is 0 Å². The van der Waals surface area contributed by atoms with Crippen LogP contribution < -0.4 is 5.32 Å². The number of nitrogens with one attached hydrogen (secondary N) is 1. The lowest BCUT2D eigenvalue weighted by Gasteiger charge is -2.36. The van der Waals surface area contributed by atoms with Crippen LogP contribution in [0.4, 0.5) is 4.39 Å². The SMILES string of the molecule is CCC1CCC(CNC)C(Cc2ccc(Cl)cc2F)C1. The van der Waals surface area contributed by atoms with Gasteiger partial charge in [-0.05, 0) is 68.3 Å². The summed E-state index contributed by atoms with van der Waals surface area (Å²) in [6.07, 6.45) is 5.89. The van der Waals surface area contributed by atoms with Crippen LogP contribution in [-0.2, 0) is 6.42 Å². The molecule has 0 radical (unpaired) electrons. The van der Waals surface area contributed by atoms with Crippen molar-refractivity contribution in [3.8, 4) is 0 Å². The van der Waals surface area contributed by atoms with Crippen LogP contribution in [0.2, 0.25) is 5.02 Å². The monoisotopic (exact) mass is 297 g/mol. The summed E-state index contributed by atoms with van der Waals surface area (Å²) >= 11 is 5.83. The highest BCUT2D eigenvalue weighted by Gasteiger charge is 2.29. The Kier molecular flexibility index (Phi) is 5.86. The lowest BCUT2D eigenvalue weighted by molar-refractivity contribution is 0.172. The molecular formula is C17H25ClFN. The largest absolute Gasteiger partial charge is 0.319 e. The quantitative estimate of drug-likeness (QED) is 0.832. The standard InChI is InChI=1S/C17H25ClFN/c1-3-12-4-5-14(11-20-2)15(8-12)9-13-6-7-16(18)10-17(13)19/h6-7,10,12,14-15,20H,3-5,8-9,11H2,1-2H3. The number of benzene rings is 1. The maximum atomic E-state index is 14.0. The van der Waals surface area contributed by atoms with E-state index >= 15 is 0 Å². The first-order chi connectivity index (χ1) is 9.63. The average Bonchev–Trinajstić information content (AvgIpc) is 2.44. The van der Waals surface area contributed by atoms with Gasteiger partial charge in [0.05, 0.1) is 0 Å². The Morgan fingerprint density at radius 3 is 2.75 bits per heavy atom.